The van der Waals surface area contributed by atoms with Crippen LogP contribution in [0.15, 0.2) is 30.2 Å². The molecule has 1 aromatic carbocycles. The number of carbonyl (C=O) groups is 2. The van der Waals surface area contributed by atoms with E-state index in [0.29, 0.717) is 22.6 Å². The number of esters is 1. The van der Waals surface area contributed by atoms with E-state index in [-0.39, 0.29) is 29.6 Å². The van der Waals surface area contributed by atoms with Crippen molar-refractivity contribution in [2.45, 2.75) is 64.5 Å². The summed E-state index contributed by atoms with van der Waals surface area (Å²) in [5.41, 5.74) is 2.90. The number of rotatable bonds is 5. The van der Waals surface area contributed by atoms with E-state index in [2.05, 4.69) is 42.1 Å². The number of nitrogens with zero attached hydrogens (tertiary/aromatic N) is 1. The Hall–Kier alpha value is -3.29. The van der Waals surface area contributed by atoms with Crippen LogP contribution in [0.25, 0.3) is 0 Å². The first kappa shape index (κ1) is 22.9. The summed E-state index contributed by atoms with van der Waals surface area (Å²) in [6.45, 7) is 7.99. The van der Waals surface area contributed by atoms with E-state index in [4.69, 9.17) is 9.47 Å². The van der Waals surface area contributed by atoms with Crippen LogP contribution in [-0.2, 0) is 16.0 Å². The molecule has 1 aliphatic carbocycles. The highest BCUT2D eigenvalue weighted by atomic mass is 16.5. The topological polar surface area (TPSA) is 114 Å². The minimum atomic E-state index is -0.933. The van der Waals surface area contributed by atoms with Crippen molar-refractivity contribution in [3.05, 3.63) is 52.6 Å². The molecule has 0 spiro atoms. The number of carbonyl (C=O) groups excluding carboxylic acids is 2. The summed E-state index contributed by atoms with van der Waals surface area (Å²) in [4.78, 5) is 32.5. The fourth-order valence-electron chi connectivity index (χ4n) is 5.15. The summed E-state index contributed by atoms with van der Waals surface area (Å²) in [5.74, 6) is -0.484. The van der Waals surface area contributed by atoms with Gasteiger partial charge >= 0.3 is 5.97 Å². The molecule has 3 N–H and O–H groups in total. The quantitative estimate of drug-likeness (QED) is 0.471. The molecule has 33 heavy (non-hydrogen) atoms. The van der Waals surface area contributed by atoms with Crippen molar-refractivity contribution in [2.75, 3.05) is 7.11 Å². The fraction of sp³-hybridized carbons (Fsp3) is 0.480. The van der Waals surface area contributed by atoms with Crippen LogP contribution in [0.5, 0.6) is 11.5 Å². The van der Waals surface area contributed by atoms with Crippen molar-refractivity contribution in [2.24, 2.45) is 5.92 Å². The molecule has 8 heteroatoms. The van der Waals surface area contributed by atoms with Crippen molar-refractivity contribution >= 4 is 11.9 Å². The van der Waals surface area contributed by atoms with E-state index in [1.165, 1.54) is 19.0 Å². The highest BCUT2D eigenvalue weighted by Gasteiger charge is 2.46. The van der Waals surface area contributed by atoms with Gasteiger partial charge in [-0.25, -0.2) is 9.78 Å². The maximum Gasteiger partial charge on any atom is 0.328 e. The van der Waals surface area contributed by atoms with E-state index < -0.39 is 23.5 Å². The summed E-state index contributed by atoms with van der Waals surface area (Å²) in [6, 6.07) is 0.874. The largest absolute Gasteiger partial charge is 0.507 e. The average Bonchev–Trinajstić information content (AvgIpc) is 3.24. The van der Waals surface area contributed by atoms with E-state index in [1.54, 1.807) is 13.1 Å². The van der Waals surface area contributed by atoms with Gasteiger partial charge in [0.1, 0.15) is 23.1 Å². The van der Waals surface area contributed by atoms with Crippen LogP contribution in [0, 0.1) is 12.8 Å². The molecule has 8 nitrogen and oxygen atoms in total. The van der Waals surface area contributed by atoms with Crippen LogP contribution in [0.1, 0.15) is 66.7 Å². The Labute approximate surface area is 193 Å². The van der Waals surface area contributed by atoms with Gasteiger partial charge in [-0.2, -0.15) is 0 Å². The number of amides is 1. The molecule has 0 fully saturated rings. The Morgan fingerprint density at radius 3 is 2.82 bits per heavy atom. The maximum atomic E-state index is 13.3. The van der Waals surface area contributed by atoms with E-state index in [0.717, 1.165) is 12.8 Å². The lowest BCUT2D eigenvalue weighted by Crippen LogP contribution is -2.46. The predicted octanol–water partition coefficient (Wildman–Crippen LogP) is 3.55. The second-order valence-electron chi connectivity index (χ2n) is 9.55. The summed E-state index contributed by atoms with van der Waals surface area (Å²) >= 11 is 0. The molecule has 1 amide bonds. The van der Waals surface area contributed by atoms with Crippen molar-refractivity contribution < 1.29 is 24.2 Å². The van der Waals surface area contributed by atoms with Gasteiger partial charge in [0.25, 0.3) is 5.91 Å². The van der Waals surface area contributed by atoms with E-state index in [1.807, 2.05) is 6.07 Å². The molecule has 3 atom stereocenters. The molecule has 2 aliphatic rings. The van der Waals surface area contributed by atoms with Crippen LogP contribution < -0.4 is 10.1 Å². The average molecular weight is 454 g/mol. The molecular weight excluding hydrogens is 422 g/mol. The van der Waals surface area contributed by atoms with Gasteiger partial charge < -0.3 is 24.9 Å². The molecule has 2 aromatic rings. The standard InChI is InChI=1S/C25H31N3O5/c1-13-6-7-17-16(8-13)21-19(33-25(17,3)4)9-14(2)20(22(21)29)23(30)28-18(24(31)32-5)10-15-11-26-12-27-15/h8-9,11-12,16-18,29H,6-7,10H2,1-5H3,(H,26,27)(H,28,30)/t16?,17?,18-/m0/s1. The van der Waals surface area contributed by atoms with Crippen LogP contribution in [0.3, 0.4) is 0 Å². The maximum absolute atomic E-state index is 13.3. The molecule has 1 aliphatic heterocycles. The molecule has 0 radical (unpaired) electrons. The minimum Gasteiger partial charge on any atom is -0.507 e. The molecule has 0 saturated heterocycles. The van der Waals surface area contributed by atoms with Crippen LogP contribution >= 0.6 is 0 Å². The number of fused-ring (bicyclic) bond motifs is 3. The molecule has 176 valence electrons. The summed E-state index contributed by atoms with van der Waals surface area (Å²) in [7, 11) is 1.27. The number of aromatic hydroxyl groups is 1. The number of phenols is 1. The number of nitrogens with one attached hydrogen (secondary N) is 2. The van der Waals surface area contributed by atoms with Crippen LogP contribution in [0.2, 0.25) is 0 Å². The lowest BCUT2D eigenvalue weighted by atomic mass is 9.67. The molecule has 2 heterocycles. The minimum absolute atomic E-state index is 0.0500. The zero-order valence-corrected chi connectivity index (χ0v) is 19.7. The van der Waals surface area contributed by atoms with Gasteiger partial charge in [0.15, 0.2) is 0 Å². The number of methoxy groups -OCH3 is 1. The Kier molecular flexibility index (Phi) is 5.95. The molecule has 1 aromatic heterocycles. The third-order valence-corrected chi connectivity index (χ3v) is 6.84. The Morgan fingerprint density at radius 1 is 1.39 bits per heavy atom. The monoisotopic (exact) mass is 453 g/mol. The molecule has 0 bridgehead atoms. The molecule has 4 rings (SSSR count). The summed E-state index contributed by atoms with van der Waals surface area (Å²) < 4.78 is 11.2. The van der Waals surface area contributed by atoms with Gasteiger partial charge in [0.2, 0.25) is 0 Å². The molecular formula is C25H31N3O5. The highest BCUT2D eigenvalue weighted by molar-refractivity contribution is 6.01. The second kappa shape index (κ2) is 8.57. The lowest BCUT2D eigenvalue weighted by Gasteiger charge is -2.46. The Bertz CT molecular complexity index is 1100. The zero-order valence-electron chi connectivity index (χ0n) is 19.7. The smallest absolute Gasteiger partial charge is 0.328 e. The van der Waals surface area contributed by atoms with Crippen molar-refractivity contribution in [3.8, 4) is 11.5 Å². The lowest BCUT2D eigenvalue weighted by molar-refractivity contribution is -0.142. The van der Waals surface area contributed by atoms with E-state index >= 15 is 0 Å². The van der Waals surface area contributed by atoms with E-state index in [9.17, 15) is 14.7 Å². The van der Waals surface area contributed by atoms with Gasteiger partial charge in [0.05, 0.1) is 19.0 Å². The highest BCUT2D eigenvalue weighted by Crippen LogP contribution is 2.54. The van der Waals surface area contributed by atoms with Gasteiger partial charge in [-0.1, -0.05) is 11.6 Å². The number of allylic oxidation sites excluding steroid dienone is 2. The number of phenolic OH excluding ortho intramolecular Hbond substituents is 1. The summed E-state index contributed by atoms with van der Waals surface area (Å²) in [6.07, 6.45) is 7.39. The third kappa shape index (κ3) is 4.21. The number of hydrogen-bond donors (Lipinski definition) is 3. The third-order valence-electron chi connectivity index (χ3n) is 6.84. The zero-order chi connectivity index (χ0) is 23.9. The number of hydrogen-bond acceptors (Lipinski definition) is 6. The van der Waals surface area contributed by atoms with Crippen molar-refractivity contribution in [1.82, 2.24) is 15.3 Å². The summed E-state index contributed by atoms with van der Waals surface area (Å²) in [5, 5.41) is 14.1. The fourth-order valence-corrected chi connectivity index (χ4v) is 5.15. The van der Waals surface area contributed by atoms with Gasteiger partial charge in [0, 0.05) is 35.7 Å². The first-order chi connectivity index (χ1) is 15.6. The van der Waals surface area contributed by atoms with Crippen LogP contribution in [0.4, 0.5) is 0 Å². The predicted molar refractivity (Wildman–Crippen MR) is 122 cm³/mol. The molecule has 2 unspecified atom stereocenters. The number of H-pyrrole nitrogens is 1. The number of imidazole rings is 1. The second-order valence-corrected chi connectivity index (χ2v) is 9.55. The number of ether oxygens (including phenoxy) is 2. The Balaban J connectivity index is 1.72. The van der Waals surface area contributed by atoms with Crippen molar-refractivity contribution in [3.63, 3.8) is 0 Å². The first-order valence-corrected chi connectivity index (χ1v) is 11.2. The number of aryl methyl sites for hydroxylation is 1. The molecule has 0 saturated carbocycles. The SMILES string of the molecule is COC(=O)[C@H](Cc1cnc[nH]1)NC(=O)c1c(C)cc2c(c1O)C1C=C(C)CCC1C(C)(C)O2. The first-order valence-electron chi connectivity index (χ1n) is 11.2. The van der Waals surface area contributed by atoms with Crippen LogP contribution in [-0.4, -0.2) is 45.7 Å². The van der Waals surface area contributed by atoms with Gasteiger partial charge in [-0.3, -0.25) is 4.79 Å². The number of benzene rings is 1. The number of aromatic amines is 1. The number of aromatic nitrogens is 2. The van der Waals surface area contributed by atoms with Gasteiger partial charge in [-0.05, 0) is 52.2 Å². The van der Waals surface area contributed by atoms with Crippen molar-refractivity contribution in [1.29, 1.82) is 0 Å². The van der Waals surface area contributed by atoms with Gasteiger partial charge in [-0.15, -0.1) is 0 Å². The Morgan fingerprint density at radius 2 is 2.15 bits per heavy atom. The normalized spacial score (nSPS) is 21.7.